The van der Waals surface area contributed by atoms with Gasteiger partial charge in [-0.1, -0.05) is 28.9 Å². The van der Waals surface area contributed by atoms with Crippen LogP contribution >= 0.6 is 0 Å². The Morgan fingerprint density at radius 2 is 1.84 bits per heavy atom. The minimum atomic E-state index is 0.632. The number of hydrogen-bond acceptors (Lipinski definition) is 6. The SMILES string of the molecule is COc1ccc(C=C(C)CN2CCN(Cc3noc(C)n3)CC2)cc1. The molecule has 0 atom stereocenters. The maximum absolute atomic E-state index is 5.20. The number of aryl methyl sites for hydroxylation is 1. The molecule has 3 rings (SSSR count). The molecule has 1 aromatic carbocycles. The highest BCUT2D eigenvalue weighted by molar-refractivity contribution is 5.53. The van der Waals surface area contributed by atoms with Crippen LogP contribution in [0.15, 0.2) is 34.4 Å². The molecule has 2 aromatic rings. The van der Waals surface area contributed by atoms with Gasteiger partial charge in [-0.2, -0.15) is 4.98 Å². The van der Waals surface area contributed by atoms with E-state index in [4.69, 9.17) is 9.26 Å². The minimum absolute atomic E-state index is 0.632. The van der Waals surface area contributed by atoms with Crippen molar-refractivity contribution >= 4 is 6.08 Å². The van der Waals surface area contributed by atoms with Crippen molar-refractivity contribution in [3.05, 3.63) is 47.1 Å². The first-order valence-electron chi connectivity index (χ1n) is 8.67. The summed E-state index contributed by atoms with van der Waals surface area (Å²) in [5, 5.41) is 3.98. The van der Waals surface area contributed by atoms with Crippen molar-refractivity contribution in [2.75, 3.05) is 39.8 Å². The van der Waals surface area contributed by atoms with E-state index in [0.29, 0.717) is 5.89 Å². The summed E-state index contributed by atoms with van der Waals surface area (Å²) < 4.78 is 10.2. The minimum Gasteiger partial charge on any atom is -0.497 e. The Bertz CT molecular complexity index is 700. The molecule has 1 fully saturated rings. The van der Waals surface area contributed by atoms with E-state index in [2.05, 4.69) is 45.1 Å². The molecule has 0 bridgehead atoms. The molecule has 0 saturated carbocycles. The largest absolute Gasteiger partial charge is 0.497 e. The van der Waals surface area contributed by atoms with Gasteiger partial charge in [0.05, 0.1) is 13.7 Å². The van der Waals surface area contributed by atoms with Crippen LogP contribution in [0.5, 0.6) is 5.75 Å². The molecule has 1 aliphatic heterocycles. The van der Waals surface area contributed by atoms with Crippen molar-refractivity contribution in [3.8, 4) is 5.75 Å². The molecule has 1 saturated heterocycles. The van der Waals surface area contributed by atoms with Gasteiger partial charge in [0, 0.05) is 39.6 Å². The second-order valence-electron chi connectivity index (χ2n) is 6.55. The highest BCUT2D eigenvalue weighted by Gasteiger charge is 2.18. The average Bonchev–Trinajstić information content (AvgIpc) is 3.02. The summed E-state index contributed by atoms with van der Waals surface area (Å²) in [6, 6.07) is 8.18. The molecule has 0 spiro atoms. The van der Waals surface area contributed by atoms with Gasteiger partial charge in [-0.05, 0) is 24.6 Å². The molecular formula is C19H26N4O2. The van der Waals surface area contributed by atoms with Crippen molar-refractivity contribution < 1.29 is 9.26 Å². The normalized spacial score (nSPS) is 17.0. The predicted octanol–water partition coefficient (Wildman–Crippen LogP) is 2.61. The molecule has 134 valence electrons. The fraction of sp³-hybridized carbons (Fsp3) is 0.474. The smallest absolute Gasteiger partial charge is 0.223 e. The first-order chi connectivity index (χ1) is 12.1. The summed E-state index contributed by atoms with van der Waals surface area (Å²) in [5.74, 6) is 2.30. The number of methoxy groups -OCH3 is 1. The lowest BCUT2D eigenvalue weighted by Gasteiger charge is -2.34. The Hall–Kier alpha value is -2.18. The Balaban J connectivity index is 1.46. The van der Waals surface area contributed by atoms with E-state index in [1.807, 2.05) is 19.1 Å². The molecule has 0 aliphatic carbocycles. The van der Waals surface area contributed by atoms with Crippen molar-refractivity contribution in [2.24, 2.45) is 0 Å². The van der Waals surface area contributed by atoms with Crippen LogP contribution < -0.4 is 4.74 Å². The zero-order valence-corrected chi connectivity index (χ0v) is 15.2. The van der Waals surface area contributed by atoms with E-state index in [1.54, 1.807) is 7.11 Å². The lowest BCUT2D eigenvalue weighted by molar-refractivity contribution is 0.132. The lowest BCUT2D eigenvalue weighted by atomic mass is 10.1. The van der Waals surface area contributed by atoms with Crippen LogP contribution in [0.2, 0.25) is 0 Å². The first kappa shape index (κ1) is 17.6. The second-order valence-corrected chi connectivity index (χ2v) is 6.55. The molecular weight excluding hydrogens is 316 g/mol. The van der Waals surface area contributed by atoms with Gasteiger partial charge < -0.3 is 9.26 Å². The third kappa shape index (κ3) is 5.14. The van der Waals surface area contributed by atoms with Crippen LogP contribution in [0, 0.1) is 6.92 Å². The fourth-order valence-electron chi connectivity index (χ4n) is 3.09. The van der Waals surface area contributed by atoms with E-state index in [9.17, 15) is 0 Å². The van der Waals surface area contributed by atoms with Gasteiger partial charge in [0.2, 0.25) is 5.89 Å². The van der Waals surface area contributed by atoms with E-state index >= 15 is 0 Å². The molecule has 0 unspecified atom stereocenters. The monoisotopic (exact) mass is 342 g/mol. The molecule has 2 heterocycles. The van der Waals surface area contributed by atoms with Crippen molar-refractivity contribution in [3.63, 3.8) is 0 Å². The summed E-state index contributed by atoms with van der Waals surface area (Å²) in [6.45, 7) is 9.97. The highest BCUT2D eigenvalue weighted by atomic mass is 16.5. The third-order valence-corrected chi connectivity index (χ3v) is 4.40. The van der Waals surface area contributed by atoms with Crippen LogP contribution in [-0.2, 0) is 6.54 Å². The topological polar surface area (TPSA) is 54.6 Å². The Kier molecular flexibility index (Phi) is 5.83. The molecule has 6 nitrogen and oxygen atoms in total. The van der Waals surface area contributed by atoms with E-state index < -0.39 is 0 Å². The Labute approximate surface area is 149 Å². The third-order valence-electron chi connectivity index (χ3n) is 4.40. The van der Waals surface area contributed by atoms with Gasteiger partial charge in [-0.3, -0.25) is 9.80 Å². The summed E-state index contributed by atoms with van der Waals surface area (Å²) in [4.78, 5) is 9.15. The first-order valence-corrected chi connectivity index (χ1v) is 8.67. The molecule has 0 radical (unpaired) electrons. The zero-order chi connectivity index (χ0) is 17.6. The van der Waals surface area contributed by atoms with E-state index in [1.165, 1.54) is 11.1 Å². The summed E-state index contributed by atoms with van der Waals surface area (Å²) in [7, 11) is 1.69. The zero-order valence-electron chi connectivity index (χ0n) is 15.2. The van der Waals surface area contributed by atoms with Crippen molar-refractivity contribution in [2.45, 2.75) is 20.4 Å². The van der Waals surface area contributed by atoms with Gasteiger partial charge >= 0.3 is 0 Å². The number of ether oxygens (including phenoxy) is 1. The van der Waals surface area contributed by atoms with E-state index in [-0.39, 0.29) is 0 Å². The molecule has 0 N–H and O–H groups in total. The maximum atomic E-state index is 5.20. The van der Waals surface area contributed by atoms with Crippen LogP contribution in [0.3, 0.4) is 0 Å². The van der Waals surface area contributed by atoms with Crippen LogP contribution in [-0.4, -0.2) is 59.8 Å². The van der Waals surface area contributed by atoms with Gasteiger partial charge in [0.15, 0.2) is 5.82 Å². The summed E-state index contributed by atoms with van der Waals surface area (Å²) in [6.07, 6.45) is 2.24. The van der Waals surface area contributed by atoms with Gasteiger partial charge in [-0.15, -0.1) is 0 Å². The molecule has 1 aliphatic rings. The second kappa shape index (κ2) is 8.27. The standard InChI is InChI=1S/C19H26N4O2/c1-15(12-17-4-6-18(24-3)7-5-17)13-22-8-10-23(11-9-22)14-19-20-16(2)25-21-19/h4-7,12H,8-11,13-14H2,1-3H3. The predicted molar refractivity (Wildman–Crippen MR) is 97.4 cm³/mol. The molecule has 25 heavy (non-hydrogen) atoms. The average molecular weight is 342 g/mol. The number of hydrogen-bond donors (Lipinski definition) is 0. The van der Waals surface area contributed by atoms with Gasteiger partial charge in [0.25, 0.3) is 0 Å². The Morgan fingerprint density at radius 1 is 1.16 bits per heavy atom. The van der Waals surface area contributed by atoms with Crippen LogP contribution in [0.25, 0.3) is 6.08 Å². The molecule has 1 aromatic heterocycles. The molecule has 0 amide bonds. The van der Waals surface area contributed by atoms with Crippen LogP contribution in [0.1, 0.15) is 24.2 Å². The number of rotatable bonds is 6. The van der Waals surface area contributed by atoms with Crippen molar-refractivity contribution in [1.82, 2.24) is 19.9 Å². The van der Waals surface area contributed by atoms with Crippen LogP contribution in [0.4, 0.5) is 0 Å². The number of nitrogens with zero attached hydrogens (tertiary/aromatic N) is 4. The van der Waals surface area contributed by atoms with Gasteiger partial charge in [0.1, 0.15) is 5.75 Å². The quantitative estimate of drug-likeness (QED) is 0.804. The highest BCUT2D eigenvalue weighted by Crippen LogP contribution is 2.15. The maximum Gasteiger partial charge on any atom is 0.223 e. The number of piperazine rings is 1. The summed E-state index contributed by atoms with van der Waals surface area (Å²) in [5.41, 5.74) is 2.58. The fourth-order valence-corrected chi connectivity index (χ4v) is 3.09. The molecule has 6 heteroatoms. The number of benzene rings is 1. The Morgan fingerprint density at radius 3 is 2.44 bits per heavy atom. The van der Waals surface area contributed by atoms with Crippen molar-refractivity contribution in [1.29, 1.82) is 0 Å². The summed E-state index contributed by atoms with van der Waals surface area (Å²) >= 11 is 0. The van der Waals surface area contributed by atoms with Gasteiger partial charge in [-0.25, -0.2) is 0 Å². The number of aromatic nitrogens is 2. The van der Waals surface area contributed by atoms with E-state index in [0.717, 1.165) is 50.8 Å². The lowest BCUT2D eigenvalue weighted by Crippen LogP contribution is -2.46.